The number of hydrogen-bond acceptors (Lipinski definition) is 1. The van der Waals surface area contributed by atoms with E-state index in [9.17, 15) is 4.39 Å². The lowest BCUT2D eigenvalue weighted by atomic mass is 10.00. The Kier molecular flexibility index (Phi) is 2.22. The number of halogens is 1. The summed E-state index contributed by atoms with van der Waals surface area (Å²) in [5, 5.41) is 0. The molecule has 1 aliphatic rings. The Morgan fingerprint density at radius 3 is 2.50 bits per heavy atom. The zero-order chi connectivity index (χ0) is 11.0. The van der Waals surface area contributed by atoms with Crippen LogP contribution in [0, 0.1) is 11.9 Å². The maximum Gasteiger partial charge on any atom is 0.156 e. The Morgan fingerprint density at radius 2 is 1.69 bits per heavy atom. The molecule has 0 spiro atoms. The molecule has 2 heteroatoms. The average Bonchev–Trinajstić information content (AvgIpc) is 2.74. The molecule has 0 unspecified atom stereocenters. The molecule has 0 aliphatic carbocycles. The predicted molar refractivity (Wildman–Crippen MR) is 59.1 cm³/mol. The third-order valence-electron chi connectivity index (χ3n) is 2.74. The molecular formula is C14H10FO. The molecule has 2 aromatic carbocycles. The lowest BCUT2D eigenvalue weighted by Crippen LogP contribution is -1.99. The maximum atomic E-state index is 12.8. The summed E-state index contributed by atoms with van der Waals surface area (Å²) in [7, 11) is 0. The fraction of sp³-hybridized carbons (Fsp3) is 0.0714. The molecule has 0 saturated heterocycles. The van der Waals surface area contributed by atoms with Crippen molar-refractivity contribution in [2.24, 2.45) is 0 Å². The molecule has 0 atom stereocenters. The summed E-state index contributed by atoms with van der Waals surface area (Å²) in [6.45, 7) is 0.600. The second kappa shape index (κ2) is 3.72. The van der Waals surface area contributed by atoms with E-state index in [0.717, 1.165) is 17.2 Å². The molecule has 0 bridgehead atoms. The van der Waals surface area contributed by atoms with Gasteiger partial charge in [-0.25, -0.2) is 4.39 Å². The quantitative estimate of drug-likeness (QED) is 0.706. The van der Waals surface area contributed by atoms with Gasteiger partial charge in [-0.3, -0.25) is 0 Å². The van der Waals surface area contributed by atoms with Gasteiger partial charge in [-0.15, -0.1) is 0 Å². The van der Waals surface area contributed by atoms with Crippen LogP contribution in [0.1, 0.15) is 16.7 Å². The molecule has 1 heterocycles. The van der Waals surface area contributed by atoms with Crippen LogP contribution < -0.4 is 0 Å². The van der Waals surface area contributed by atoms with Crippen molar-refractivity contribution in [3.05, 3.63) is 77.1 Å². The van der Waals surface area contributed by atoms with Gasteiger partial charge in [-0.2, -0.15) is 0 Å². The van der Waals surface area contributed by atoms with Crippen molar-refractivity contribution in [3.63, 3.8) is 0 Å². The van der Waals surface area contributed by atoms with Crippen molar-refractivity contribution in [1.82, 2.24) is 0 Å². The van der Waals surface area contributed by atoms with E-state index in [2.05, 4.69) is 0 Å². The molecule has 16 heavy (non-hydrogen) atoms. The summed E-state index contributed by atoms with van der Waals surface area (Å²) in [5.74, 6) is -0.226. The van der Waals surface area contributed by atoms with Gasteiger partial charge in [-0.1, -0.05) is 36.4 Å². The first-order valence-electron chi connectivity index (χ1n) is 5.18. The van der Waals surface area contributed by atoms with Gasteiger partial charge in [0.05, 0.1) is 6.61 Å². The van der Waals surface area contributed by atoms with E-state index >= 15 is 0 Å². The summed E-state index contributed by atoms with van der Waals surface area (Å²) in [5.41, 5.74) is 3.21. The van der Waals surface area contributed by atoms with E-state index in [-0.39, 0.29) is 5.82 Å². The lowest BCUT2D eigenvalue weighted by Gasteiger charge is -2.09. The highest BCUT2D eigenvalue weighted by molar-refractivity contribution is 5.48. The van der Waals surface area contributed by atoms with Gasteiger partial charge in [0.1, 0.15) is 5.82 Å². The fourth-order valence-electron chi connectivity index (χ4n) is 1.94. The van der Waals surface area contributed by atoms with Gasteiger partial charge < -0.3 is 4.74 Å². The van der Waals surface area contributed by atoms with Gasteiger partial charge in [0, 0.05) is 0 Å². The van der Waals surface area contributed by atoms with Crippen LogP contribution in [-0.2, 0) is 11.3 Å². The molecule has 2 aromatic rings. The summed E-state index contributed by atoms with van der Waals surface area (Å²) in [6.07, 6.45) is 0.843. The van der Waals surface area contributed by atoms with Gasteiger partial charge >= 0.3 is 0 Å². The van der Waals surface area contributed by atoms with E-state index in [1.165, 1.54) is 17.7 Å². The van der Waals surface area contributed by atoms with Crippen LogP contribution in [0.15, 0.2) is 48.5 Å². The Balaban J connectivity index is 2.01. The van der Waals surface area contributed by atoms with E-state index in [1.807, 2.05) is 24.3 Å². The normalized spacial score (nSPS) is 15.1. The third kappa shape index (κ3) is 1.51. The van der Waals surface area contributed by atoms with E-state index in [4.69, 9.17) is 4.74 Å². The zero-order valence-electron chi connectivity index (χ0n) is 8.61. The molecule has 1 radical (unpaired) electrons. The second-order valence-corrected chi connectivity index (χ2v) is 3.78. The molecule has 0 N–H and O–H groups in total. The van der Waals surface area contributed by atoms with Gasteiger partial charge in [-0.05, 0) is 28.8 Å². The molecule has 1 nitrogen and oxygen atoms in total. The molecule has 1 aliphatic heterocycles. The van der Waals surface area contributed by atoms with Crippen LogP contribution in [0.25, 0.3) is 0 Å². The molecule has 0 aromatic heterocycles. The van der Waals surface area contributed by atoms with Crippen molar-refractivity contribution in [3.8, 4) is 0 Å². The first kappa shape index (κ1) is 9.55. The summed E-state index contributed by atoms with van der Waals surface area (Å²) < 4.78 is 18.5. The predicted octanol–water partition coefficient (Wildman–Crippen LogP) is 3.28. The minimum absolute atomic E-state index is 0.226. The monoisotopic (exact) mass is 213 g/mol. The molecule has 0 saturated carbocycles. The Hall–Kier alpha value is -1.67. The van der Waals surface area contributed by atoms with Gasteiger partial charge in [0.15, 0.2) is 6.10 Å². The van der Waals surface area contributed by atoms with Crippen LogP contribution in [0.4, 0.5) is 4.39 Å². The molecule has 0 amide bonds. The Labute approximate surface area is 93.5 Å². The van der Waals surface area contributed by atoms with Crippen LogP contribution in [0.2, 0.25) is 0 Å². The topological polar surface area (TPSA) is 9.23 Å². The number of rotatable bonds is 1. The number of fused-ring (bicyclic) bond motifs is 1. The minimum Gasteiger partial charge on any atom is -0.357 e. The zero-order valence-corrected chi connectivity index (χ0v) is 8.61. The largest absolute Gasteiger partial charge is 0.357 e. The van der Waals surface area contributed by atoms with Crippen molar-refractivity contribution < 1.29 is 9.13 Å². The highest BCUT2D eigenvalue weighted by Crippen LogP contribution is 2.34. The minimum atomic E-state index is -0.226. The SMILES string of the molecule is Fc1ccc([C]2OCc3ccccc32)cc1. The highest BCUT2D eigenvalue weighted by Gasteiger charge is 2.25. The molecule has 0 fully saturated rings. The standard InChI is InChI=1S/C14H10FO/c15-12-7-5-10(6-8-12)14-13-4-2-1-3-11(13)9-16-14/h1-8H,9H2. The molecule has 3 rings (SSSR count). The smallest absolute Gasteiger partial charge is 0.156 e. The van der Waals surface area contributed by atoms with Crippen molar-refractivity contribution in [2.45, 2.75) is 6.61 Å². The first-order valence-corrected chi connectivity index (χ1v) is 5.18. The van der Waals surface area contributed by atoms with E-state index in [1.54, 1.807) is 12.1 Å². The lowest BCUT2D eigenvalue weighted by molar-refractivity contribution is 0.188. The van der Waals surface area contributed by atoms with Crippen LogP contribution in [0.3, 0.4) is 0 Å². The summed E-state index contributed by atoms with van der Waals surface area (Å²) in [4.78, 5) is 0. The second-order valence-electron chi connectivity index (χ2n) is 3.78. The Bertz CT molecular complexity index is 504. The van der Waals surface area contributed by atoms with Gasteiger partial charge in [0.25, 0.3) is 0 Å². The summed E-state index contributed by atoms with van der Waals surface area (Å²) in [6, 6.07) is 14.4. The fourth-order valence-corrected chi connectivity index (χ4v) is 1.94. The maximum absolute atomic E-state index is 12.8. The number of ether oxygens (including phenoxy) is 1. The van der Waals surface area contributed by atoms with Crippen LogP contribution >= 0.6 is 0 Å². The van der Waals surface area contributed by atoms with Crippen LogP contribution in [-0.4, -0.2) is 0 Å². The molecule has 79 valence electrons. The highest BCUT2D eigenvalue weighted by atomic mass is 19.1. The van der Waals surface area contributed by atoms with Crippen molar-refractivity contribution in [1.29, 1.82) is 0 Å². The third-order valence-corrected chi connectivity index (χ3v) is 2.74. The molecular weight excluding hydrogens is 203 g/mol. The Morgan fingerprint density at radius 1 is 0.938 bits per heavy atom. The van der Waals surface area contributed by atoms with E-state index < -0.39 is 0 Å². The van der Waals surface area contributed by atoms with E-state index in [0.29, 0.717) is 6.61 Å². The first-order chi connectivity index (χ1) is 7.84. The van der Waals surface area contributed by atoms with Gasteiger partial charge in [0.2, 0.25) is 0 Å². The van der Waals surface area contributed by atoms with Crippen molar-refractivity contribution >= 4 is 0 Å². The number of benzene rings is 2. The summed E-state index contributed by atoms with van der Waals surface area (Å²) >= 11 is 0. The average molecular weight is 213 g/mol. The number of hydrogen-bond donors (Lipinski definition) is 0. The van der Waals surface area contributed by atoms with Crippen LogP contribution in [0.5, 0.6) is 0 Å². The van der Waals surface area contributed by atoms with Crippen molar-refractivity contribution in [2.75, 3.05) is 0 Å².